The zero-order valence-corrected chi connectivity index (χ0v) is 21.6. The fourth-order valence-electron chi connectivity index (χ4n) is 4.98. The Balaban J connectivity index is 1.57. The molecule has 1 unspecified atom stereocenters. The first-order chi connectivity index (χ1) is 18.5. The highest BCUT2D eigenvalue weighted by Gasteiger charge is 2.40. The molecule has 0 fully saturated rings. The molecule has 0 spiro atoms. The summed E-state index contributed by atoms with van der Waals surface area (Å²) in [6.07, 6.45) is 6.23. The third-order valence-electron chi connectivity index (χ3n) is 6.96. The molecule has 1 atom stereocenters. The number of benzene rings is 3. The number of rotatable bonds is 6. The lowest BCUT2D eigenvalue weighted by molar-refractivity contribution is 0.560. The molecule has 6 rings (SSSR count). The maximum atomic E-state index is 14.0. The highest BCUT2D eigenvalue weighted by molar-refractivity contribution is 7.89. The van der Waals surface area contributed by atoms with Gasteiger partial charge in [-0.15, -0.1) is 5.10 Å². The summed E-state index contributed by atoms with van der Waals surface area (Å²) >= 11 is 0. The average molecular weight is 519 g/mol. The molecule has 1 aliphatic carbocycles. The van der Waals surface area contributed by atoms with Crippen LogP contribution in [0.4, 0.5) is 11.5 Å². The molecule has 188 valence electrons. The lowest BCUT2D eigenvalue weighted by Crippen LogP contribution is -2.33. The molecule has 1 aliphatic rings. The van der Waals surface area contributed by atoms with E-state index in [9.17, 15) is 8.42 Å². The van der Waals surface area contributed by atoms with Crippen LogP contribution in [0.3, 0.4) is 0 Å². The maximum absolute atomic E-state index is 14.0. The largest absolute Gasteiger partial charge is 0.338 e. The van der Waals surface area contributed by atoms with Crippen molar-refractivity contribution in [2.45, 2.75) is 23.7 Å². The first-order valence-corrected chi connectivity index (χ1v) is 13.8. The molecule has 0 bridgehead atoms. The Morgan fingerprint density at radius 2 is 1.53 bits per heavy atom. The van der Waals surface area contributed by atoms with Crippen LogP contribution in [0.15, 0.2) is 120 Å². The second-order valence-electron chi connectivity index (χ2n) is 9.42. The molecule has 0 aliphatic heterocycles. The molecule has 38 heavy (non-hydrogen) atoms. The maximum Gasteiger partial charge on any atom is 0.283 e. The molecule has 0 amide bonds. The Morgan fingerprint density at radius 1 is 0.842 bits per heavy atom. The van der Waals surface area contributed by atoms with Crippen molar-refractivity contribution in [2.75, 3.05) is 5.32 Å². The van der Waals surface area contributed by atoms with Crippen LogP contribution in [-0.2, 0) is 21.9 Å². The predicted molar refractivity (Wildman–Crippen MR) is 150 cm³/mol. The third-order valence-corrected chi connectivity index (χ3v) is 8.59. The Bertz CT molecular complexity index is 1670. The Morgan fingerprint density at radius 3 is 2.21 bits per heavy atom. The summed E-state index contributed by atoms with van der Waals surface area (Å²) in [6.45, 7) is 1.93. The van der Waals surface area contributed by atoms with E-state index in [1.54, 1.807) is 30.5 Å². The van der Waals surface area contributed by atoms with E-state index in [0.29, 0.717) is 17.9 Å². The molecule has 0 radical (unpaired) electrons. The summed E-state index contributed by atoms with van der Waals surface area (Å²) in [7, 11) is -3.97. The van der Waals surface area contributed by atoms with Gasteiger partial charge in [0.1, 0.15) is 0 Å². The fraction of sp³-hybridized carbons (Fsp3) is 0.0968. The molecular formula is C31H26N4O2S. The van der Waals surface area contributed by atoms with Crippen LogP contribution in [0.2, 0.25) is 0 Å². The Labute approximate surface area is 222 Å². The summed E-state index contributed by atoms with van der Waals surface area (Å²) in [5.41, 5.74) is 4.35. The number of aromatic nitrogens is 3. The zero-order valence-electron chi connectivity index (χ0n) is 20.8. The van der Waals surface area contributed by atoms with E-state index >= 15 is 0 Å². The minimum atomic E-state index is -3.97. The van der Waals surface area contributed by atoms with Gasteiger partial charge in [-0.05, 0) is 48.9 Å². The van der Waals surface area contributed by atoms with Crippen LogP contribution in [0.25, 0.3) is 6.08 Å². The number of allylic oxidation sites excluding steroid dienone is 1. The van der Waals surface area contributed by atoms with Crippen molar-refractivity contribution >= 4 is 27.6 Å². The standard InChI is InChI=1S/C31H26N4O2S/c1-23-15-17-26(18-16-23)38(36,37)35-28-22-31(24-10-4-2-5-11-24,29-14-8-9-21-32-29)20-19-27(28)30(34-35)33-25-12-6-3-7-13-25/h2-21H,22H2,1H3,(H,33,34). The predicted octanol–water partition coefficient (Wildman–Crippen LogP) is 6.12. The third kappa shape index (κ3) is 4.11. The number of fused-ring (bicyclic) bond motifs is 1. The normalized spacial score (nSPS) is 16.7. The molecule has 2 heterocycles. The van der Waals surface area contributed by atoms with Crippen LogP contribution >= 0.6 is 0 Å². The quantitative estimate of drug-likeness (QED) is 0.293. The molecular weight excluding hydrogens is 492 g/mol. The van der Waals surface area contributed by atoms with Gasteiger partial charge in [0.05, 0.1) is 21.7 Å². The van der Waals surface area contributed by atoms with Gasteiger partial charge >= 0.3 is 0 Å². The topological polar surface area (TPSA) is 76.9 Å². The highest BCUT2D eigenvalue weighted by Crippen LogP contribution is 2.43. The molecule has 0 saturated carbocycles. The van der Waals surface area contributed by atoms with Crippen molar-refractivity contribution < 1.29 is 8.42 Å². The number of aryl methyl sites for hydroxylation is 1. The van der Waals surface area contributed by atoms with E-state index in [1.807, 2.05) is 79.7 Å². The van der Waals surface area contributed by atoms with Gasteiger partial charge in [-0.2, -0.15) is 12.5 Å². The minimum Gasteiger partial charge on any atom is -0.338 e. The van der Waals surface area contributed by atoms with Crippen LogP contribution in [0, 0.1) is 6.92 Å². The van der Waals surface area contributed by atoms with Gasteiger partial charge in [0.2, 0.25) is 0 Å². The van der Waals surface area contributed by atoms with E-state index < -0.39 is 15.4 Å². The summed E-state index contributed by atoms with van der Waals surface area (Å²) in [6, 6.07) is 32.4. The fourth-order valence-corrected chi connectivity index (χ4v) is 6.30. The number of hydrogen-bond donors (Lipinski definition) is 1. The Hall–Kier alpha value is -4.49. The van der Waals surface area contributed by atoms with E-state index in [2.05, 4.69) is 28.6 Å². The lowest BCUT2D eigenvalue weighted by Gasteiger charge is -2.33. The van der Waals surface area contributed by atoms with Crippen LogP contribution in [0.1, 0.15) is 28.1 Å². The van der Waals surface area contributed by atoms with E-state index in [1.165, 1.54) is 4.09 Å². The number of para-hydroxylation sites is 1. The van der Waals surface area contributed by atoms with Crippen LogP contribution in [-0.4, -0.2) is 22.6 Å². The minimum absolute atomic E-state index is 0.192. The molecule has 0 saturated heterocycles. The van der Waals surface area contributed by atoms with Gasteiger partial charge in [0.25, 0.3) is 10.0 Å². The Kier molecular flexibility index (Phi) is 5.93. The van der Waals surface area contributed by atoms with Crippen molar-refractivity contribution in [3.8, 4) is 0 Å². The number of nitrogens with zero attached hydrogens (tertiary/aromatic N) is 3. The van der Waals surface area contributed by atoms with Crippen molar-refractivity contribution in [2.24, 2.45) is 0 Å². The van der Waals surface area contributed by atoms with Gasteiger partial charge in [0, 0.05) is 23.9 Å². The van der Waals surface area contributed by atoms with E-state index in [-0.39, 0.29) is 4.90 Å². The molecule has 1 N–H and O–H groups in total. The summed E-state index contributed by atoms with van der Waals surface area (Å²) in [5.74, 6) is 0.487. The lowest BCUT2D eigenvalue weighted by atomic mass is 9.70. The first kappa shape index (κ1) is 23.9. The van der Waals surface area contributed by atoms with Gasteiger partial charge < -0.3 is 5.32 Å². The van der Waals surface area contributed by atoms with Crippen molar-refractivity contribution in [1.82, 2.24) is 14.2 Å². The average Bonchev–Trinajstić information content (AvgIpc) is 3.32. The summed E-state index contributed by atoms with van der Waals surface area (Å²) in [5, 5.41) is 7.99. The number of anilines is 2. The smallest absolute Gasteiger partial charge is 0.283 e. The molecule has 6 nitrogen and oxygen atoms in total. The van der Waals surface area contributed by atoms with E-state index in [0.717, 1.165) is 28.1 Å². The number of pyridine rings is 1. The molecule has 7 heteroatoms. The molecule has 5 aromatic rings. The van der Waals surface area contributed by atoms with E-state index in [4.69, 9.17) is 4.98 Å². The SMILES string of the molecule is Cc1ccc(S(=O)(=O)n2nc(Nc3ccccc3)c3c2CC(c2ccccc2)(c2ccccn2)C=C3)cc1. The number of nitrogens with one attached hydrogen (secondary N) is 1. The second-order valence-corrected chi connectivity index (χ2v) is 11.2. The van der Waals surface area contributed by atoms with Gasteiger partial charge in [-0.3, -0.25) is 4.98 Å². The van der Waals surface area contributed by atoms with Gasteiger partial charge in [-0.25, -0.2) is 0 Å². The first-order valence-electron chi connectivity index (χ1n) is 12.4. The van der Waals surface area contributed by atoms with Crippen molar-refractivity contribution in [1.29, 1.82) is 0 Å². The summed E-state index contributed by atoms with van der Waals surface area (Å²) < 4.78 is 29.2. The summed E-state index contributed by atoms with van der Waals surface area (Å²) in [4.78, 5) is 4.90. The van der Waals surface area contributed by atoms with Crippen molar-refractivity contribution in [3.63, 3.8) is 0 Å². The van der Waals surface area contributed by atoms with Crippen LogP contribution < -0.4 is 5.32 Å². The van der Waals surface area contributed by atoms with Crippen LogP contribution in [0.5, 0.6) is 0 Å². The monoisotopic (exact) mass is 518 g/mol. The second kappa shape index (κ2) is 9.43. The van der Waals surface area contributed by atoms with Crippen molar-refractivity contribution in [3.05, 3.63) is 143 Å². The molecule has 3 aromatic carbocycles. The van der Waals surface area contributed by atoms with Gasteiger partial charge in [-0.1, -0.05) is 84.4 Å². The highest BCUT2D eigenvalue weighted by atomic mass is 32.2. The molecule has 2 aromatic heterocycles. The van der Waals surface area contributed by atoms with Gasteiger partial charge in [0.15, 0.2) is 5.82 Å². The zero-order chi connectivity index (χ0) is 26.2. The number of hydrogen-bond acceptors (Lipinski definition) is 5.